The van der Waals surface area contributed by atoms with Crippen LogP contribution in [0.3, 0.4) is 0 Å². The van der Waals surface area contributed by atoms with Crippen LogP contribution in [0.15, 0.2) is 30.5 Å². The van der Waals surface area contributed by atoms with E-state index in [-0.39, 0.29) is 5.91 Å². The van der Waals surface area contributed by atoms with Crippen LogP contribution in [0.2, 0.25) is 0 Å². The Balaban J connectivity index is 2.14. The summed E-state index contributed by atoms with van der Waals surface area (Å²) >= 11 is 0. The molecule has 3 N–H and O–H groups in total. The highest BCUT2D eigenvalue weighted by atomic mass is 16.1. The molecule has 0 saturated carbocycles. The normalized spacial score (nSPS) is 10.6. The van der Waals surface area contributed by atoms with Crippen molar-refractivity contribution in [3.63, 3.8) is 0 Å². The number of nitrogens with two attached hydrogens (primary N) is 1. The van der Waals surface area contributed by atoms with Crippen molar-refractivity contribution in [1.29, 1.82) is 0 Å². The van der Waals surface area contributed by atoms with Gasteiger partial charge in [-0.25, -0.2) is 4.68 Å². The molecule has 21 heavy (non-hydrogen) atoms. The number of carbonyl (C=O) groups is 1. The van der Waals surface area contributed by atoms with Crippen LogP contribution >= 0.6 is 0 Å². The van der Waals surface area contributed by atoms with Crippen LogP contribution < -0.4 is 11.1 Å². The second-order valence-corrected chi connectivity index (χ2v) is 5.09. The van der Waals surface area contributed by atoms with Gasteiger partial charge in [0.25, 0.3) is 5.91 Å². The van der Waals surface area contributed by atoms with E-state index >= 15 is 0 Å². The molecule has 5 nitrogen and oxygen atoms in total. The second-order valence-electron chi connectivity index (χ2n) is 5.09. The van der Waals surface area contributed by atoms with Crippen molar-refractivity contribution in [2.45, 2.75) is 26.7 Å². The molecule has 0 aliphatic heterocycles. The van der Waals surface area contributed by atoms with E-state index in [2.05, 4.69) is 10.4 Å². The molecule has 1 heterocycles. The van der Waals surface area contributed by atoms with Crippen molar-refractivity contribution < 1.29 is 4.79 Å². The first-order valence-electron chi connectivity index (χ1n) is 7.24. The van der Waals surface area contributed by atoms with E-state index in [4.69, 9.17) is 5.73 Å². The predicted molar refractivity (Wildman–Crippen MR) is 83.7 cm³/mol. The molecule has 5 heteroatoms. The van der Waals surface area contributed by atoms with Gasteiger partial charge in [-0.05, 0) is 44.9 Å². The van der Waals surface area contributed by atoms with E-state index in [1.54, 1.807) is 6.20 Å². The van der Waals surface area contributed by atoms with Crippen LogP contribution in [0, 0.1) is 13.8 Å². The zero-order chi connectivity index (χ0) is 15.2. The summed E-state index contributed by atoms with van der Waals surface area (Å²) < 4.78 is 1.81. The van der Waals surface area contributed by atoms with Gasteiger partial charge in [0.2, 0.25) is 0 Å². The number of para-hydroxylation sites is 1. The minimum atomic E-state index is -0.0793. The van der Waals surface area contributed by atoms with Gasteiger partial charge in [0.1, 0.15) is 0 Å². The molecule has 0 aliphatic rings. The van der Waals surface area contributed by atoms with E-state index in [1.165, 1.54) is 0 Å². The summed E-state index contributed by atoms with van der Waals surface area (Å²) in [6.07, 6.45) is 3.44. The minimum Gasteiger partial charge on any atom is -0.352 e. The lowest BCUT2D eigenvalue weighted by molar-refractivity contribution is 0.0952. The van der Waals surface area contributed by atoms with E-state index in [0.29, 0.717) is 18.7 Å². The van der Waals surface area contributed by atoms with Crippen molar-refractivity contribution in [3.05, 3.63) is 47.3 Å². The van der Waals surface area contributed by atoms with Gasteiger partial charge in [0.15, 0.2) is 0 Å². The number of nitrogens with one attached hydrogen (secondary N) is 1. The van der Waals surface area contributed by atoms with Crippen molar-refractivity contribution >= 4 is 5.91 Å². The number of rotatable bonds is 6. The molecule has 0 spiro atoms. The lowest BCUT2D eigenvalue weighted by Crippen LogP contribution is -2.25. The first-order valence-corrected chi connectivity index (χ1v) is 7.24. The van der Waals surface area contributed by atoms with Crippen LogP contribution in [-0.4, -0.2) is 28.8 Å². The summed E-state index contributed by atoms with van der Waals surface area (Å²) in [5.41, 5.74) is 9.02. The van der Waals surface area contributed by atoms with Gasteiger partial charge in [-0.1, -0.05) is 18.2 Å². The monoisotopic (exact) mass is 286 g/mol. The van der Waals surface area contributed by atoms with E-state index < -0.39 is 0 Å². The van der Waals surface area contributed by atoms with E-state index in [0.717, 1.165) is 29.8 Å². The fourth-order valence-corrected chi connectivity index (χ4v) is 2.24. The zero-order valence-electron chi connectivity index (χ0n) is 12.6. The van der Waals surface area contributed by atoms with Crippen molar-refractivity contribution in [1.82, 2.24) is 15.1 Å². The minimum absolute atomic E-state index is 0.0793. The van der Waals surface area contributed by atoms with Gasteiger partial charge < -0.3 is 11.1 Å². The number of carbonyl (C=O) groups excluding carboxylic acids is 1. The molecule has 0 atom stereocenters. The first kappa shape index (κ1) is 15.3. The summed E-state index contributed by atoms with van der Waals surface area (Å²) in [4.78, 5) is 12.2. The van der Waals surface area contributed by atoms with Gasteiger partial charge in [0, 0.05) is 6.54 Å². The van der Waals surface area contributed by atoms with Crippen LogP contribution in [0.1, 0.15) is 34.5 Å². The number of aromatic nitrogens is 2. The maximum absolute atomic E-state index is 12.2. The van der Waals surface area contributed by atoms with Crippen molar-refractivity contribution in [3.8, 4) is 5.69 Å². The Bertz CT molecular complexity index is 618. The fraction of sp³-hybridized carbons (Fsp3) is 0.375. The highest BCUT2D eigenvalue weighted by molar-refractivity contribution is 5.95. The molecular formula is C16H22N4O. The molecule has 0 aliphatic carbocycles. The van der Waals surface area contributed by atoms with Gasteiger partial charge in [-0.2, -0.15) is 5.10 Å². The smallest absolute Gasteiger partial charge is 0.254 e. The van der Waals surface area contributed by atoms with E-state index in [1.807, 2.05) is 42.8 Å². The highest BCUT2D eigenvalue weighted by Crippen LogP contribution is 2.17. The van der Waals surface area contributed by atoms with Crippen LogP contribution in [0.4, 0.5) is 0 Å². The molecule has 1 aromatic carbocycles. The van der Waals surface area contributed by atoms with Crippen molar-refractivity contribution in [2.75, 3.05) is 13.1 Å². The summed E-state index contributed by atoms with van der Waals surface area (Å²) in [5.74, 6) is -0.0793. The summed E-state index contributed by atoms with van der Waals surface area (Å²) in [5, 5.41) is 7.25. The molecule has 0 unspecified atom stereocenters. The highest BCUT2D eigenvalue weighted by Gasteiger charge is 2.15. The average molecular weight is 286 g/mol. The lowest BCUT2D eigenvalue weighted by atomic mass is 10.2. The lowest BCUT2D eigenvalue weighted by Gasteiger charge is -2.08. The van der Waals surface area contributed by atoms with E-state index in [9.17, 15) is 4.79 Å². The summed E-state index contributed by atoms with van der Waals surface area (Å²) in [6.45, 7) is 5.24. The standard InChI is InChI=1S/C16H22N4O/c1-12-7-3-4-8-15(12)20-13(2)14(11-19-20)16(21)18-10-6-5-9-17/h3-4,7-8,11H,5-6,9-10,17H2,1-2H3,(H,18,21). The maximum atomic E-state index is 12.2. The maximum Gasteiger partial charge on any atom is 0.254 e. The number of nitrogens with zero attached hydrogens (tertiary/aromatic N) is 2. The fourth-order valence-electron chi connectivity index (χ4n) is 2.24. The second kappa shape index (κ2) is 7.04. The Morgan fingerprint density at radius 2 is 2.05 bits per heavy atom. The zero-order valence-corrected chi connectivity index (χ0v) is 12.6. The Hall–Kier alpha value is -2.14. The number of aryl methyl sites for hydroxylation is 1. The van der Waals surface area contributed by atoms with Crippen LogP contribution in [0.5, 0.6) is 0 Å². The summed E-state index contributed by atoms with van der Waals surface area (Å²) in [7, 11) is 0. The molecular weight excluding hydrogens is 264 g/mol. The average Bonchev–Trinajstić information content (AvgIpc) is 2.86. The van der Waals surface area contributed by atoms with Crippen LogP contribution in [0.25, 0.3) is 5.69 Å². The Labute approximate surface area is 125 Å². The third-order valence-electron chi connectivity index (χ3n) is 3.51. The number of hydrogen-bond acceptors (Lipinski definition) is 3. The molecule has 112 valence electrons. The van der Waals surface area contributed by atoms with Gasteiger partial charge >= 0.3 is 0 Å². The quantitative estimate of drug-likeness (QED) is 0.797. The third kappa shape index (κ3) is 3.49. The number of amides is 1. The Morgan fingerprint density at radius 1 is 1.29 bits per heavy atom. The Morgan fingerprint density at radius 3 is 2.76 bits per heavy atom. The molecule has 1 amide bonds. The summed E-state index contributed by atoms with van der Waals surface area (Å²) in [6, 6.07) is 7.99. The predicted octanol–water partition coefficient (Wildman–Crippen LogP) is 1.96. The van der Waals surface area contributed by atoms with Crippen LogP contribution in [-0.2, 0) is 0 Å². The largest absolute Gasteiger partial charge is 0.352 e. The Kier molecular flexibility index (Phi) is 5.11. The number of unbranched alkanes of at least 4 members (excludes halogenated alkanes) is 1. The molecule has 0 radical (unpaired) electrons. The molecule has 0 bridgehead atoms. The van der Waals surface area contributed by atoms with Gasteiger partial charge in [-0.3, -0.25) is 4.79 Å². The molecule has 0 fully saturated rings. The number of hydrogen-bond donors (Lipinski definition) is 2. The molecule has 2 rings (SSSR count). The molecule has 1 aromatic heterocycles. The molecule has 2 aromatic rings. The first-order chi connectivity index (χ1) is 10.1. The third-order valence-corrected chi connectivity index (χ3v) is 3.51. The SMILES string of the molecule is Cc1ccccc1-n1ncc(C(=O)NCCCCN)c1C. The molecule has 0 saturated heterocycles. The van der Waals surface area contributed by atoms with Crippen molar-refractivity contribution in [2.24, 2.45) is 5.73 Å². The van der Waals surface area contributed by atoms with Gasteiger partial charge in [0.05, 0.1) is 23.1 Å². The van der Waals surface area contributed by atoms with Gasteiger partial charge in [-0.15, -0.1) is 0 Å². The number of benzene rings is 1. The topological polar surface area (TPSA) is 72.9 Å².